The van der Waals surface area contributed by atoms with Crippen molar-refractivity contribution in [2.45, 2.75) is 52.0 Å². The van der Waals surface area contributed by atoms with Crippen molar-refractivity contribution < 1.29 is 4.79 Å². The zero-order chi connectivity index (χ0) is 13.0. The molecule has 0 aromatic heterocycles. The van der Waals surface area contributed by atoms with Crippen molar-refractivity contribution in [3.63, 3.8) is 0 Å². The van der Waals surface area contributed by atoms with Gasteiger partial charge in [-0.15, -0.1) is 0 Å². The highest BCUT2D eigenvalue weighted by atomic mass is 16.1. The van der Waals surface area contributed by atoms with Crippen LogP contribution in [0.15, 0.2) is 0 Å². The Balaban J connectivity index is 1.76. The lowest BCUT2D eigenvalue weighted by molar-refractivity contribution is -0.123. The van der Waals surface area contributed by atoms with Crippen LogP contribution < -0.4 is 0 Å². The Morgan fingerprint density at radius 3 is 2.44 bits per heavy atom. The maximum Gasteiger partial charge on any atom is 0.149 e. The number of Topliss-reactive ketones (excluding diaryl/α,β-unsaturated/α-hetero) is 1. The van der Waals surface area contributed by atoms with Crippen LogP contribution in [0.2, 0.25) is 0 Å². The first-order valence-electron chi connectivity index (χ1n) is 7.73. The van der Waals surface area contributed by atoms with Gasteiger partial charge in [0.2, 0.25) is 0 Å². The Morgan fingerprint density at radius 2 is 1.83 bits per heavy atom. The van der Waals surface area contributed by atoms with Crippen molar-refractivity contribution in [1.82, 2.24) is 9.80 Å². The van der Waals surface area contributed by atoms with E-state index in [2.05, 4.69) is 23.6 Å². The maximum absolute atomic E-state index is 12.2. The molecule has 1 heterocycles. The highest BCUT2D eigenvalue weighted by molar-refractivity contribution is 5.83. The molecule has 3 nitrogen and oxygen atoms in total. The Hall–Kier alpha value is -0.410. The first-order chi connectivity index (χ1) is 8.74. The summed E-state index contributed by atoms with van der Waals surface area (Å²) in [6.45, 7) is 9.64. The molecule has 3 heteroatoms. The molecule has 0 spiro atoms. The van der Waals surface area contributed by atoms with Crippen molar-refractivity contribution in [1.29, 1.82) is 0 Å². The van der Waals surface area contributed by atoms with Crippen LogP contribution in [0.25, 0.3) is 0 Å². The van der Waals surface area contributed by atoms with Gasteiger partial charge in [-0.25, -0.2) is 0 Å². The van der Waals surface area contributed by atoms with E-state index in [0.717, 1.165) is 39.0 Å². The zero-order valence-electron chi connectivity index (χ0n) is 12.0. The molecule has 1 saturated heterocycles. The highest BCUT2D eigenvalue weighted by Gasteiger charge is 2.30. The van der Waals surface area contributed by atoms with Gasteiger partial charge in [-0.1, -0.05) is 26.7 Å². The summed E-state index contributed by atoms with van der Waals surface area (Å²) < 4.78 is 0. The first kappa shape index (κ1) is 14.0. The quantitative estimate of drug-likeness (QED) is 0.724. The third kappa shape index (κ3) is 3.33. The Labute approximate surface area is 112 Å². The van der Waals surface area contributed by atoms with Crippen LogP contribution in [0.5, 0.6) is 0 Å². The molecule has 2 aliphatic rings. The molecular weight excluding hydrogens is 224 g/mol. The number of nitrogens with zero attached hydrogens (tertiary/aromatic N) is 2. The Kier molecular flexibility index (Phi) is 5.19. The molecule has 104 valence electrons. The second-order valence-corrected chi connectivity index (χ2v) is 5.85. The van der Waals surface area contributed by atoms with E-state index in [1.165, 1.54) is 19.3 Å². The van der Waals surface area contributed by atoms with E-state index in [-0.39, 0.29) is 0 Å². The molecule has 2 rings (SSSR count). The highest BCUT2D eigenvalue weighted by Crippen LogP contribution is 2.26. The largest absolute Gasteiger partial charge is 0.300 e. The summed E-state index contributed by atoms with van der Waals surface area (Å²) in [6, 6.07) is 0.677. The molecule has 1 saturated carbocycles. The smallest absolute Gasteiger partial charge is 0.149 e. The van der Waals surface area contributed by atoms with Gasteiger partial charge in [0.05, 0.1) is 6.54 Å². The van der Waals surface area contributed by atoms with Crippen LogP contribution in [0, 0.1) is 5.92 Å². The van der Waals surface area contributed by atoms with Crippen molar-refractivity contribution in [2.75, 3.05) is 32.7 Å². The van der Waals surface area contributed by atoms with Crippen molar-refractivity contribution in [3.8, 4) is 0 Å². The van der Waals surface area contributed by atoms with Crippen LogP contribution in [-0.2, 0) is 4.79 Å². The fourth-order valence-electron chi connectivity index (χ4n) is 3.59. The normalized spacial score (nSPS) is 26.3. The van der Waals surface area contributed by atoms with E-state index < -0.39 is 0 Å². The molecule has 0 aromatic rings. The number of ketones is 1. The molecule has 0 N–H and O–H groups in total. The van der Waals surface area contributed by atoms with Crippen molar-refractivity contribution in [2.24, 2.45) is 5.92 Å². The van der Waals surface area contributed by atoms with Gasteiger partial charge in [0.25, 0.3) is 0 Å². The minimum atomic E-state index is 0.387. The second kappa shape index (κ2) is 6.67. The van der Waals surface area contributed by atoms with Gasteiger partial charge in [0.15, 0.2) is 0 Å². The van der Waals surface area contributed by atoms with Gasteiger partial charge in [-0.3, -0.25) is 14.6 Å². The topological polar surface area (TPSA) is 23.6 Å². The molecule has 1 aliphatic carbocycles. The monoisotopic (exact) mass is 252 g/mol. The van der Waals surface area contributed by atoms with E-state index in [9.17, 15) is 4.79 Å². The molecule has 2 fully saturated rings. The van der Waals surface area contributed by atoms with Crippen LogP contribution >= 0.6 is 0 Å². The summed E-state index contributed by atoms with van der Waals surface area (Å²) >= 11 is 0. The second-order valence-electron chi connectivity index (χ2n) is 5.85. The summed E-state index contributed by atoms with van der Waals surface area (Å²) in [5, 5.41) is 0. The SMILES string of the molecule is CCN(CC)C1CCN(CC(=O)C2CCCC2)C1. The molecule has 1 atom stereocenters. The lowest BCUT2D eigenvalue weighted by Crippen LogP contribution is -2.38. The minimum Gasteiger partial charge on any atom is -0.300 e. The summed E-state index contributed by atoms with van der Waals surface area (Å²) in [4.78, 5) is 17.1. The van der Waals surface area contributed by atoms with Crippen LogP contribution in [0.4, 0.5) is 0 Å². The molecule has 1 aliphatic heterocycles. The average molecular weight is 252 g/mol. The number of carbonyl (C=O) groups excluding carboxylic acids is 1. The van der Waals surface area contributed by atoms with Gasteiger partial charge in [-0.05, 0) is 32.4 Å². The third-order valence-electron chi connectivity index (χ3n) is 4.77. The fraction of sp³-hybridized carbons (Fsp3) is 0.933. The molecule has 0 bridgehead atoms. The molecular formula is C15H28N2O. The van der Waals surface area contributed by atoms with E-state index >= 15 is 0 Å². The maximum atomic E-state index is 12.2. The number of hydrogen-bond acceptors (Lipinski definition) is 3. The summed E-state index contributed by atoms with van der Waals surface area (Å²) in [5.41, 5.74) is 0. The number of rotatable bonds is 6. The lowest BCUT2D eigenvalue weighted by Gasteiger charge is -2.26. The van der Waals surface area contributed by atoms with Gasteiger partial charge in [0.1, 0.15) is 5.78 Å². The fourth-order valence-corrected chi connectivity index (χ4v) is 3.59. The minimum absolute atomic E-state index is 0.387. The predicted molar refractivity (Wildman–Crippen MR) is 74.7 cm³/mol. The predicted octanol–water partition coefficient (Wildman–Crippen LogP) is 2.16. The van der Waals surface area contributed by atoms with E-state index in [0.29, 0.717) is 24.3 Å². The van der Waals surface area contributed by atoms with Crippen molar-refractivity contribution >= 4 is 5.78 Å². The molecule has 18 heavy (non-hydrogen) atoms. The molecule has 0 aromatic carbocycles. The van der Waals surface area contributed by atoms with Gasteiger partial charge in [0, 0.05) is 25.0 Å². The Bertz CT molecular complexity index is 270. The number of carbonyl (C=O) groups is 1. The van der Waals surface area contributed by atoms with Gasteiger partial charge < -0.3 is 0 Å². The van der Waals surface area contributed by atoms with Crippen LogP contribution in [0.3, 0.4) is 0 Å². The lowest BCUT2D eigenvalue weighted by atomic mass is 10.0. The average Bonchev–Trinajstić information content (AvgIpc) is 3.01. The standard InChI is InChI=1S/C15H28N2O/c1-3-17(4-2)14-9-10-16(11-14)12-15(18)13-7-5-6-8-13/h13-14H,3-12H2,1-2H3. The number of likely N-dealkylation sites (N-methyl/N-ethyl adjacent to an activating group) is 1. The summed E-state index contributed by atoms with van der Waals surface area (Å²) in [6.07, 6.45) is 6.05. The molecule has 0 amide bonds. The third-order valence-corrected chi connectivity index (χ3v) is 4.77. The van der Waals surface area contributed by atoms with E-state index in [4.69, 9.17) is 0 Å². The summed E-state index contributed by atoms with van der Waals surface area (Å²) in [5.74, 6) is 0.894. The van der Waals surface area contributed by atoms with Crippen molar-refractivity contribution in [3.05, 3.63) is 0 Å². The zero-order valence-corrected chi connectivity index (χ0v) is 12.0. The van der Waals surface area contributed by atoms with Gasteiger partial charge in [-0.2, -0.15) is 0 Å². The van der Waals surface area contributed by atoms with E-state index in [1.54, 1.807) is 0 Å². The first-order valence-corrected chi connectivity index (χ1v) is 7.73. The molecule has 0 radical (unpaired) electrons. The van der Waals surface area contributed by atoms with Crippen LogP contribution in [0.1, 0.15) is 46.0 Å². The van der Waals surface area contributed by atoms with Gasteiger partial charge >= 0.3 is 0 Å². The van der Waals surface area contributed by atoms with Crippen LogP contribution in [-0.4, -0.2) is 54.3 Å². The Morgan fingerprint density at radius 1 is 1.17 bits per heavy atom. The summed E-state index contributed by atoms with van der Waals surface area (Å²) in [7, 11) is 0. The number of likely N-dealkylation sites (tertiary alicyclic amines) is 1. The van der Waals surface area contributed by atoms with E-state index in [1.807, 2.05) is 0 Å². The number of hydrogen-bond donors (Lipinski definition) is 0. The molecule has 1 unspecified atom stereocenters.